The first-order chi connectivity index (χ1) is 9.33. The molecule has 2 unspecified atom stereocenters. The van der Waals surface area contributed by atoms with Crippen LogP contribution in [0.3, 0.4) is 0 Å². The maximum atomic E-state index is 5.90. The van der Waals surface area contributed by atoms with Gasteiger partial charge >= 0.3 is 0 Å². The highest BCUT2D eigenvalue weighted by Gasteiger charge is 2.58. The molecule has 2 aliphatic carbocycles. The molecule has 112 valence electrons. The minimum Gasteiger partial charge on any atom is -0.378 e. The van der Waals surface area contributed by atoms with Crippen molar-refractivity contribution in [2.45, 2.75) is 70.4 Å². The molecule has 0 aromatic rings. The molecule has 0 aliphatic heterocycles. The summed E-state index contributed by atoms with van der Waals surface area (Å²) >= 11 is 1.97. The van der Waals surface area contributed by atoms with Crippen molar-refractivity contribution < 1.29 is 4.74 Å². The van der Waals surface area contributed by atoms with E-state index < -0.39 is 0 Å². The van der Waals surface area contributed by atoms with Crippen LogP contribution >= 0.6 is 11.8 Å². The molecule has 2 atom stereocenters. The monoisotopic (exact) mass is 285 g/mol. The third-order valence-corrected chi connectivity index (χ3v) is 5.80. The van der Waals surface area contributed by atoms with E-state index >= 15 is 0 Å². The van der Waals surface area contributed by atoms with E-state index in [0.29, 0.717) is 11.5 Å². The highest BCUT2D eigenvalue weighted by molar-refractivity contribution is 7.98. The molecule has 2 saturated carbocycles. The summed E-state index contributed by atoms with van der Waals surface area (Å²) in [5, 5.41) is 3.81. The van der Waals surface area contributed by atoms with Crippen molar-refractivity contribution in [1.29, 1.82) is 0 Å². The molecule has 0 amide bonds. The lowest BCUT2D eigenvalue weighted by Crippen LogP contribution is -2.66. The van der Waals surface area contributed by atoms with Crippen LogP contribution in [0.2, 0.25) is 0 Å². The molecule has 2 fully saturated rings. The molecule has 0 radical (unpaired) electrons. The van der Waals surface area contributed by atoms with Crippen LogP contribution in [-0.4, -0.2) is 37.3 Å². The number of unbranched alkanes of at least 4 members (excludes halogenated alkanes) is 3. The average molecular weight is 285 g/mol. The topological polar surface area (TPSA) is 21.3 Å². The minimum absolute atomic E-state index is 0.537. The van der Waals surface area contributed by atoms with Crippen LogP contribution in [0.15, 0.2) is 0 Å². The van der Waals surface area contributed by atoms with E-state index in [1.54, 1.807) is 0 Å². The lowest BCUT2D eigenvalue weighted by molar-refractivity contribution is -0.172. The smallest absolute Gasteiger partial charge is 0.0661 e. The number of hydrogen-bond donors (Lipinski definition) is 1. The van der Waals surface area contributed by atoms with Gasteiger partial charge in [-0.25, -0.2) is 0 Å². The fourth-order valence-corrected chi connectivity index (χ4v) is 4.22. The Morgan fingerprint density at radius 1 is 1.21 bits per heavy atom. The van der Waals surface area contributed by atoms with Gasteiger partial charge in [-0.3, -0.25) is 0 Å². The number of nitrogens with one attached hydrogen (secondary N) is 1. The van der Waals surface area contributed by atoms with E-state index in [2.05, 4.69) is 18.5 Å². The predicted octanol–water partition coefficient (Wildman–Crippen LogP) is 3.85. The lowest BCUT2D eigenvalue weighted by Gasteiger charge is -2.61. The molecular formula is C16H31NOS. The zero-order valence-corrected chi connectivity index (χ0v) is 13.6. The summed E-state index contributed by atoms with van der Waals surface area (Å²) < 4.78 is 5.90. The molecule has 0 saturated heterocycles. The van der Waals surface area contributed by atoms with Gasteiger partial charge in [-0.15, -0.1) is 0 Å². The summed E-state index contributed by atoms with van der Waals surface area (Å²) in [7, 11) is 0. The van der Waals surface area contributed by atoms with Crippen LogP contribution in [0.4, 0.5) is 0 Å². The van der Waals surface area contributed by atoms with Crippen molar-refractivity contribution in [3.63, 3.8) is 0 Å². The Kier molecular flexibility index (Phi) is 6.51. The van der Waals surface area contributed by atoms with E-state index in [1.165, 1.54) is 63.7 Å². The van der Waals surface area contributed by atoms with Gasteiger partial charge in [-0.1, -0.05) is 19.3 Å². The van der Waals surface area contributed by atoms with Crippen molar-refractivity contribution in [2.24, 2.45) is 5.41 Å². The second-order valence-electron chi connectivity index (χ2n) is 6.18. The van der Waals surface area contributed by atoms with Gasteiger partial charge in [0.2, 0.25) is 0 Å². The Labute approximate surface area is 123 Å². The van der Waals surface area contributed by atoms with Crippen LogP contribution in [0, 0.1) is 5.41 Å². The van der Waals surface area contributed by atoms with Gasteiger partial charge in [-0.05, 0) is 57.6 Å². The van der Waals surface area contributed by atoms with Crippen molar-refractivity contribution >= 4 is 11.8 Å². The second kappa shape index (κ2) is 7.90. The molecule has 0 bridgehead atoms. The number of rotatable bonds is 10. The van der Waals surface area contributed by atoms with E-state index in [9.17, 15) is 0 Å². The summed E-state index contributed by atoms with van der Waals surface area (Å²) in [6.07, 6.45) is 13.7. The molecule has 0 aromatic heterocycles. The molecular weight excluding hydrogens is 254 g/mol. The Morgan fingerprint density at radius 2 is 2.00 bits per heavy atom. The van der Waals surface area contributed by atoms with Gasteiger partial charge in [-0.2, -0.15) is 11.8 Å². The maximum absolute atomic E-state index is 5.90. The first kappa shape index (κ1) is 15.7. The fraction of sp³-hybridized carbons (Fsp3) is 1.00. The van der Waals surface area contributed by atoms with Crippen LogP contribution < -0.4 is 5.32 Å². The minimum atomic E-state index is 0.537. The predicted molar refractivity (Wildman–Crippen MR) is 85.0 cm³/mol. The third-order valence-electron chi connectivity index (χ3n) is 5.10. The van der Waals surface area contributed by atoms with E-state index in [4.69, 9.17) is 4.74 Å². The summed E-state index contributed by atoms with van der Waals surface area (Å²) in [5.74, 6) is 1.33. The molecule has 2 rings (SSSR count). The number of hydrogen-bond acceptors (Lipinski definition) is 3. The lowest BCUT2D eigenvalue weighted by atomic mass is 9.51. The number of thioether (sulfide) groups is 1. The van der Waals surface area contributed by atoms with Crippen molar-refractivity contribution in [1.82, 2.24) is 5.32 Å². The SMILES string of the molecule is CCOC1CC(NCCCCCCSC)C12CCC2. The van der Waals surface area contributed by atoms with Gasteiger partial charge in [0.05, 0.1) is 6.10 Å². The Balaban J connectivity index is 1.55. The molecule has 0 aromatic carbocycles. The van der Waals surface area contributed by atoms with Crippen molar-refractivity contribution in [3.8, 4) is 0 Å². The van der Waals surface area contributed by atoms with Crippen molar-refractivity contribution in [2.75, 3.05) is 25.2 Å². The largest absolute Gasteiger partial charge is 0.378 e. The third kappa shape index (κ3) is 3.68. The normalized spacial score (nSPS) is 28.1. The molecule has 3 heteroatoms. The standard InChI is InChI=1S/C16H31NOS/c1-3-18-15-13-14(16(15)9-8-10-16)17-11-6-4-5-7-12-19-2/h14-15,17H,3-13H2,1-2H3. The van der Waals surface area contributed by atoms with Gasteiger partial charge in [0.1, 0.15) is 0 Å². The zero-order valence-electron chi connectivity index (χ0n) is 12.7. The fourth-order valence-electron chi connectivity index (χ4n) is 3.73. The maximum Gasteiger partial charge on any atom is 0.0661 e. The van der Waals surface area contributed by atoms with Crippen LogP contribution in [-0.2, 0) is 4.74 Å². The van der Waals surface area contributed by atoms with Gasteiger partial charge in [0.25, 0.3) is 0 Å². The van der Waals surface area contributed by atoms with Crippen LogP contribution in [0.25, 0.3) is 0 Å². The quantitative estimate of drug-likeness (QED) is 0.616. The Morgan fingerprint density at radius 3 is 2.63 bits per heavy atom. The van der Waals surface area contributed by atoms with E-state index in [0.717, 1.165) is 12.6 Å². The van der Waals surface area contributed by atoms with Crippen LogP contribution in [0.1, 0.15) is 58.3 Å². The summed E-state index contributed by atoms with van der Waals surface area (Å²) in [6, 6.07) is 0.754. The van der Waals surface area contributed by atoms with Gasteiger partial charge in [0, 0.05) is 18.1 Å². The van der Waals surface area contributed by atoms with Crippen LogP contribution in [0.5, 0.6) is 0 Å². The molecule has 19 heavy (non-hydrogen) atoms. The Bertz CT molecular complexity index is 255. The average Bonchev–Trinajstić information content (AvgIpc) is 2.33. The Hall–Kier alpha value is 0.270. The second-order valence-corrected chi connectivity index (χ2v) is 7.17. The molecule has 0 heterocycles. The highest BCUT2D eigenvalue weighted by atomic mass is 32.2. The summed E-state index contributed by atoms with van der Waals surface area (Å²) in [6.45, 7) is 4.22. The molecule has 2 aliphatic rings. The zero-order chi connectivity index (χ0) is 13.6. The first-order valence-corrected chi connectivity index (χ1v) is 9.57. The molecule has 2 nitrogen and oxygen atoms in total. The molecule has 1 N–H and O–H groups in total. The van der Waals surface area contributed by atoms with Crippen molar-refractivity contribution in [3.05, 3.63) is 0 Å². The first-order valence-electron chi connectivity index (χ1n) is 8.17. The van der Waals surface area contributed by atoms with E-state index in [-0.39, 0.29) is 0 Å². The number of ether oxygens (including phenoxy) is 1. The van der Waals surface area contributed by atoms with E-state index in [1.807, 2.05) is 11.8 Å². The summed E-state index contributed by atoms with van der Waals surface area (Å²) in [5.41, 5.74) is 0.537. The van der Waals surface area contributed by atoms with Gasteiger partial charge < -0.3 is 10.1 Å². The highest BCUT2D eigenvalue weighted by Crippen LogP contribution is 2.57. The molecule has 1 spiro atoms. The van der Waals surface area contributed by atoms with Gasteiger partial charge in [0.15, 0.2) is 0 Å². The summed E-state index contributed by atoms with van der Waals surface area (Å²) in [4.78, 5) is 0.